The largest absolute Gasteiger partial charge is 0.352 e. The first kappa shape index (κ1) is 14.8. The van der Waals surface area contributed by atoms with E-state index in [0.717, 1.165) is 24.9 Å². The summed E-state index contributed by atoms with van der Waals surface area (Å²) in [4.78, 5) is 13.5. The highest BCUT2D eigenvalue weighted by molar-refractivity contribution is 7.80. The zero-order valence-electron chi connectivity index (χ0n) is 12.0. The van der Waals surface area contributed by atoms with E-state index in [2.05, 4.69) is 23.6 Å². The van der Waals surface area contributed by atoms with E-state index in [1.165, 1.54) is 5.56 Å². The Balaban J connectivity index is 1.87. The number of hydrogen-bond acceptors (Lipinski definition) is 2. The molecular weight excluding hydrogens is 270 g/mol. The van der Waals surface area contributed by atoms with Crippen LogP contribution in [-0.2, 0) is 11.2 Å². The van der Waals surface area contributed by atoms with Crippen molar-refractivity contribution in [3.8, 4) is 0 Å². The van der Waals surface area contributed by atoms with Gasteiger partial charge in [-0.1, -0.05) is 25.1 Å². The molecule has 1 aliphatic carbocycles. The lowest BCUT2D eigenvalue weighted by atomic mass is 10.1. The number of hydrogen-bond donors (Lipinski definition) is 2. The average molecular weight is 291 g/mol. The number of nitrogens with one attached hydrogen (secondary N) is 2. The number of carbonyl (C=O) groups is 1. The van der Waals surface area contributed by atoms with Crippen LogP contribution < -0.4 is 10.6 Å². The predicted octanol–water partition coefficient (Wildman–Crippen LogP) is 2.16. The minimum Gasteiger partial charge on any atom is -0.352 e. The van der Waals surface area contributed by atoms with E-state index in [4.69, 9.17) is 12.2 Å². The van der Waals surface area contributed by atoms with Gasteiger partial charge in [0.05, 0.1) is 6.54 Å². The van der Waals surface area contributed by atoms with Crippen LogP contribution in [0.2, 0.25) is 0 Å². The van der Waals surface area contributed by atoms with Gasteiger partial charge < -0.3 is 15.5 Å². The molecule has 5 heteroatoms. The molecule has 20 heavy (non-hydrogen) atoms. The number of thiocarbonyl (C=S) groups is 1. The molecule has 4 nitrogen and oxygen atoms in total. The van der Waals surface area contributed by atoms with Gasteiger partial charge in [-0.3, -0.25) is 4.79 Å². The summed E-state index contributed by atoms with van der Waals surface area (Å²) in [6.07, 6.45) is 3.14. The zero-order chi connectivity index (χ0) is 14.5. The maximum Gasteiger partial charge on any atom is 0.239 e. The van der Waals surface area contributed by atoms with Crippen molar-refractivity contribution in [1.29, 1.82) is 0 Å². The standard InChI is InChI=1S/C15H21N3OS/c1-3-11-6-4-5-7-13(11)17-15(20)18(2)10-14(19)16-12-8-9-12/h4-7,12H,3,8-10H2,1-2H3,(H,16,19)(H,17,20). The Hall–Kier alpha value is -1.62. The molecule has 108 valence electrons. The molecule has 1 amide bonds. The maximum atomic E-state index is 11.7. The summed E-state index contributed by atoms with van der Waals surface area (Å²) < 4.78 is 0. The molecule has 0 radical (unpaired) electrons. The van der Waals surface area contributed by atoms with Gasteiger partial charge in [-0.25, -0.2) is 0 Å². The summed E-state index contributed by atoms with van der Waals surface area (Å²) >= 11 is 5.35. The Labute approximate surface area is 125 Å². The Morgan fingerprint density at radius 1 is 1.40 bits per heavy atom. The quantitative estimate of drug-likeness (QED) is 0.816. The van der Waals surface area contributed by atoms with E-state index in [0.29, 0.717) is 11.2 Å². The highest BCUT2D eigenvalue weighted by atomic mass is 32.1. The Morgan fingerprint density at radius 2 is 2.10 bits per heavy atom. The SMILES string of the molecule is CCc1ccccc1NC(=S)N(C)CC(=O)NC1CC1. The molecule has 0 bridgehead atoms. The summed E-state index contributed by atoms with van der Waals surface area (Å²) in [7, 11) is 1.83. The third kappa shape index (κ3) is 4.20. The minimum atomic E-state index is 0.0305. The number of aryl methyl sites for hydroxylation is 1. The predicted molar refractivity (Wildman–Crippen MR) is 85.8 cm³/mol. The van der Waals surface area contributed by atoms with E-state index in [1.807, 2.05) is 25.2 Å². The fraction of sp³-hybridized carbons (Fsp3) is 0.467. The number of amides is 1. The second-order valence-corrected chi connectivity index (χ2v) is 5.53. The van der Waals surface area contributed by atoms with Crippen molar-refractivity contribution < 1.29 is 4.79 Å². The Morgan fingerprint density at radius 3 is 2.75 bits per heavy atom. The lowest BCUT2D eigenvalue weighted by Crippen LogP contribution is -2.40. The Kier molecular flexibility index (Phi) is 4.95. The molecule has 1 aromatic rings. The van der Waals surface area contributed by atoms with Crippen molar-refractivity contribution in [2.45, 2.75) is 32.2 Å². The lowest BCUT2D eigenvalue weighted by Gasteiger charge is -2.21. The highest BCUT2D eigenvalue weighted by Gasteiger charge is 2.23. The molecule has 2 N–H and O–H groups in total. The molecule has 0 aliphatic heterocycles. The fourth-order valence-corrected chi connectivity index (χ4v) is 2.12. The molecule has 1 saturated carbocycles. The molecular formula is C15H21N3OS. The number of likely N-dealkylation sites (N-methyl/N-ethyl adjacent to an activating group) is 1. The smallest absolute Gasteiger partial charge is 0.239 e. The first-order valence-corrected chi connectivity index (χ1v) is 7.40. The van der Waals surface area contributed by atoms with E-state index < -0.39 is 0 Å². The van der Waals surface area contributed by atoms with Crippen molar-refractivity contribution in [3.05, 3.63) is 29.8 Å². The molecule has 1 aliphatic rings. The number of nitrogens with zero attached hydrogens (tertiary/aromatic N) is 1. The van der Waals surface area contributed by atoms with Crippen molar-refractivity contribution in [1.82, 2.24) is 10.2 Å². The van der Waals surface area contributed by atoms with Gasteiger partial charge in [0, 0.05) is 18.8 Å². The monoisotopic (exact) mass is 291 g/mol. The summed E-state index contributed by atoms with van der Waals surface area (Å²) in [5.41, 5.74) is 2.22. The Bertz CT molecular complexity index is 500. The van der Waals surface area contributed by atoms with Crippen molar-refractivity contribution in [3.63, 3.8) is 0 Å². The molecule has 0 spiro atoms. The molecule has 0 atom stereocenters. The first-order chi connectivity index (χ1) is 9.60. The van der Waals surface area contributed by atoms with Crippen molar-refractivity contribution in [2.75, 3.05) is 18.9 Å². The van der Waals surface area contributed by atoms with Crippen LogP contribution in [0.4, 0.5) is 5.69 Å². The van der Waals surface area contributed by atoms with Gasteiger partial charge in [0.25, 0.3) is 0 Å². The zero-order valence-corrected chi connectivity index (χ0v) is 12.8. The topological polar surface area (TPSA) is 44.4 Å². The molecule has 2 rings (SSSR count). The van der Waals surface area contributed by atoms with Crippen LogP contribution in [0.3, 0.4) is 0 Å². The maximum absolute atomic E-state index is 11.7. The van der Waals surface area contributed by atoms with Gasteiger partial charge in [-0.05, 0) is 43.1 Å². The molecule has 0 saturated heterocycles. The van der Waals surface area contributed by atoms with Gasteiger partial charge in [-0.2, -0.15) is 0 Å². The van der Waals surface area contributed by atoms with E-state index in [1.54, 1.807) is 4.90 Å². The van der Waals surface area contributed by atoms with Crippen LogP contribution in [0.15, 0.2) is 24.3 Å². The van der Waals surface area contributed by atoms with Gasteiger partial charge in [-0.15, -0.1) is 0 Å². The third-order valence-corrected chi connectivity index (χ3v) is 3.72. The second-order valence-electron chi connectivity index (χ2n) is 5.14. The van der Waals surface area contributed by atoms with Crippen LogP contribution in [0.25, 0.3) is 0 Å². The fourth-order valence-electron chi connectivity index (χ4n) is 1.95. The van der Waals surface area contributed by atoms with E-state index >= 15 is 0 Å². The minimum absolute atomic E-state index is 0.0305. The molecule has 0 heterocycles. The number of rotatable bonds is 5. The van der Waals surface area contributed by atoms with Crippen LogP contribution in [0.1, 0.15) is 25.3 Å². The molecule has 1 aromatic carbocycles. The summed E-state index contributed by atoms with van der Waals surface area (Å²) in [6, 6.07) is 8.45. The van der Waals surface area contributed by atoms with E-state index in [-0.39, 0.29) is 12.5 Å². The summed E-state index contributed by atoms with van der Waals surface area (Å²) in [6.45, 7) is 2.40. The summed E-state index contributed by atoms with van der Waals surface area (Å²) in [5, 5.41) is 6.74. The number of anilines is 1. The number of para-hydroxylation sites is 1. The highest BCUT2D eigenvalue weighted by Crippen LogP contribution is 2.18. The van der Waals surface area contributed by atoms with Gasteiger partial charge in [0.2, 0.25) is 5.91 Å². The number of benzene rings is 1. The normalized spacial score (nSPS) is 13.7. The molecule has 1 fully saturated rings. The van der Waals surface area contributed by atoms with Crippen LogP contribution >= 0.6 is 12.2 Å². The first-order valence-electron chi connectivity index (χ1n) is 6.99. The van der Waals surface area contributed by atoms with Gasteiger partial charge >= 0.3 is 0 Å². The average Bonchev–Trinajstić information content (AvgIpc) is 3.22. The van der Waals surface area contributed by atoms with Crippen LogP contribution in [-0.4, -0.2) is 35.6 Å². The van der Waals surface area contributed by atoms with E-state index in [9.17, 15) is 4.79 Å². The number of carbonyl (C=O) groups excluding carboxylic acids is 1. The molecule has 0 aromatic heterocycles. The van der Waals surface area contributed by atoms with Crippen molar-refractivity contribution >= 4 is 28.9 Å². The van der Waals surface area contributed by atoms with Crippen LogP contribution in [0.5, 0.6) is 0 Å². The molecule has 0 unspecified atom stereocenters. The van der Waals surface area contributed by atoms with Gasteiger partial charge in [0.1, 0.15) is 0 Å². The lowest BCUT2D eigenvalue weighted by molar-refractivity contribution is -0.121. The van der Waals surface area contributed by atoms with Gasteiger partial charge in [0.15, 0.2) is 5.11 Å². The van der Waals surface area contributed by atoms with Crippen molar-refractivity contribution in [2.24, 2.45) is 0 Å². The van der Waals surface area contributed by atoms with Crippen LogP contribution in [0, 0.1) is 0 Å². The third-order valence-electron chi connectivity index (χ3n) is 3.31. The second kappa shape index (κ2) is 6.70. The summed E-state index contributed by atoms with van der Waals surface area (Å²) in [5.74, 6) is 0.0305.